The second kappa shape index (κ2) is 4.87. The molecule has 1 atom stereocenters. The first-order chi connectivity index (χ1) is 8.58. The highest BCUT2D eigenvalue weighted by Crippen LogP contribution is 2.13. The van der Waals surface area contributed by atoms with E-state index in [4.69, 9.17) is 5.11 Å². The lowest BCUT2D eigenvalue weighted by Crippen LogP contribution is -2.32. The van der Waals surface area contributed by atoms with Crippen molar-refractivity contribution >= 4 is 17.9 Å². The van der Waals surface area contributed by atoms with Crippen LogP contribution in [0, 0.1) is 0 Å². The number of hydrogen-bond acceptors (Lipinski definition) is 3. The fourth-order valence-corrected chi connectivity index (χ4v) is 1.81. The lowest BCUT2D eigenvalue weighted by molar-refractivity contribution is -0.140. The van der Waals surface area contributed by atoms with Crippen molar-refractivity contribution in [3.63, 3.8) is 0 Å². The first-order valence-corrected chi connectivity index (χ1v) is 5.45. The molecule has 0 unspecified atom stereocenters. The third-order valence-corrected chi connectivity index (χ3v) is 2.67. The van der Waals surface area contributed by atoms with Crippen LogP contribution in [0.15, 0.2) is 30.3 Å². The Kier molecular flexibility index (Phi) is 3.27. The zero-order chi connectivity index (χ0) is 13.1. The second-order valence-electron chi connectivity index (χ2n) is 4.01. The van der Waals surface area contributed by atoms with Crippen molar-refractivity contribution in [2.24, 2.45) is 0 Å². The Bertz CT molecular complexity index is 486. The van der Waals surface area contributed by atoms with E-state index in [9.17, 15) is 14.4 Å². The largest absolute Gasteiger partial charge is 0.481 e. The Morgan fingerprint density at radius 1 is 1.28 bits per heavy atom. The molecule has 18 heavy (non-hydrogen) atoms. The summed E-state index contributed by atoms with van der Waals surface area (Å²) in [5.41, 5.74) is 0.817. The topological polar surface area (TPSA) is 86.7 Å². The van der Waals surface area contributed by atoms with Crippen molar-refractivity contribution in [1.29, 1.82) is 0 Å². The quantitative estimate of drug-likeness (QED) is 0.763. The summed E-state index contributed by atoms with van der Waals surface area (Å²) < 4.78 is 0. The fourth-order valence-electron chi connectivity index (χ4n) is 1.81. The van der Waals surface area contributed by atoms with E-state index in [1.165, 1.54) is 0 Å². The first-order valence-electron chi connectivity index (χ1n) is 5.45. The van der Waals surface area contributed by atoms with Crippen molar-refractivity contribution in [2.45, 2.75) is 19.0 Å². The molecular weight excluding hydrogens is 236 g/mol. The molecule has 0 saturated carbocycles. The van der Waals surface area contributed by atoms with Crippen LogP contribution in [0.3, 0.4) is 0 Å². The van der Waals surface area contributed by atoms with Gasteiger partial charge in [-0.2, -0.15) is 0 Å². The Hall–Kier alpha value is -2.37. The van der Waals surface area contributed by atoms with Gasteiger partial charge in [0.1, 0.15) is 6.04 Å². The summed E-state index contributed by atoms with van der Waals surface area (Å²) in [5.74, 6) is -1.61. The summed E-state index contributed by atoms with van der Waals surface area (Å²) in [6.45, 7) is 0.154. The van der Waals surface area contributed by atoms with E-state index in [0.717, 1.165) is 10.5 Å². The number of rotatable bonds is 4. The van der Waals surface area contributed by atoms with Crippen LogP contribution in [-0.2, 0) is 16.1 Å². The Labute approximate surface area is 103 Å². The Morgan fingerprint density at radius 3 is 2.56 bits per heavy atom. The molecule has 1 aromatic carbocycles. The van der Waals surface area contributed by atoms with E-state index < -0.39 is 30.4 Å². The highest BCUT2D eigenvalue weighted by atomic mass is 16.4. The van der Waals surface area contributed by atoms with Gasteiger partial charge in [0, 0.05) is 0 Å². The second-order valence-corrected chi connectivity index (χ2v) is 4.01. The van der Waals surface area contributed by atoms with Gasteiger partial charge in [0.25, 0.3) is 5.91 Å². The molecular formula is C12H12N2O4. The molecule has 6 heteroatoms. The van der Waals surface area contributed by atoms with Gasteiger partial charge in [-0.25, -0.2) is 4.79 Å². The van der Waals surface area contributed by atoms with Gasteiger partial charge in [-0.15, -0.1) is 0 Å². The molecule has 2 rings (SSSR count). The SMILES string of the molecule is O=C(O)C[C@@H]1NC(=O)N(Cc2ccccc2)C1=O. The molecule has 1 saturated heterocycles. The molecule has 1 aliphatic rings. The monoisotopic (exact) mass is 248 g/mol. The maximum atomic E-state index is 11.8. The summed E-state index contributed by atoms with van der Waals surface area (Å²) in [7, 11) is 0. The van der Waals surface area contributed by atoms with E-state index in [-0.39, 0.29) is 6.54 Å². The predicted octanol–water partition coefficient (Wildman–Crippen LogP) is 0.582. The number of nitrogens with zero attached hydrogens (tertiary/aromatic N) is 1. The third-order valence-electron chi connectivity index (χ3n) is 2.67. The number of carboxylic acid groups (broad SMARTS) is 1. The Balaban J connectivity index is 2.08. The number of carbonyl (C=O) groups is 3. The molecule has 0 bridgehead atoms. The highest BCUT2D eigenvalue weighted by Gasteiger charge is 2.38. The average molecular weight is 248 g/mol. The van der Waals surface area contributed by atoms with Crippen molar-refractivity contribution in [1.82, 2.24) is 10.2 Å². The van der Waals surface area contributed by atoms with Gasteiger partial charge in [0.05, 0.1) is 13.0 Å². The third kappa shape index (κ3) is 2.48. The number of nitrogens with one attached hydrogen (secondary N) is 1. The van der Waals surface area contributed by atoms with Crippen LogP contribution in [0.4, 0.5) is 4.79 Å². The van der Waals surface area contributed by atoms with Gasteiger partial charge < -0.3 is 10.4 Å². The molecule has 1 aliphatic heterocycles. The summed E-state index contributed by atoms with van der Waals surface area (Å²) >= 11 is 0. The molecule has 1 heterocycles. The van der Waals surface area contributed by atoms with Crippen LogP contribution in [0.25, 0.3) is 0 Å². The molecule has 2 N–H and O–H groups in total. The number of hydrogen-bond donors (Lipinski definition) is 2. The minimum atomic E-state index is -1.12. The van der Waals surface area contributed by atoms with Crippen molar-refractivity contribution in [3.8, 4) is 0 Å². The molecule has 0 aliphatic carbocycles. The van der Waals surface area contributed by atoms with Crippen molar-refractivity contribution < 1.29 is 19.5 Å². The number of carbonyl (C=O) groups excluding carboxylic acids is 2. The summed E-state index contributed by atoms with van der Waals surface area (Å²) in [4.78, 5) is 35.0. The van der Waals surface area contributed by atoms with E-state index in [2.05, 4.69) is 5.32 Å². The smallest absolute Gasteiger partial charge is 0.325 e. The van der Waals surface area contributed by atoms with Crippen LogP contribution in [0.1, 0.15) is 12.0 Å². The predicted molar refractivity (Wildman–Crippen MR) is 61.6 cm³/mol. The zero-order valence-electron chi connectivity index (χ0n) is 9.50. The lowest BCUT2D eigenvalue weighted by Gasteiger charge is -2.12. The lowest BCUT2D eigenvalue weighted by atomic mass is 10.2. The van der Waals surface area contributed by atoms with Crippen LogP contribution >= 0.6 is 0 Å². The summed E-state index contributed by atoms with van der Waals surface area (Å²) in [5, 5.41) is 11.0. The fraction of sp³-hybridized carbons (Fsp3) is 0.250. The molecule has 6 nitrogen and oxygen atoms in total. The maximum Gasteiger partial charge on any atom is 0.325 e. The summed E-state index contributed by atoms with van der Waals surface area (Å²) in [6.07, 6.45) is -0.393. The zero-order valence-corrected chi connectivity index (χ0v) is 9.50. The minimum absolute atomic E-state index is 0.154. The van der Waals surface area contributed by atoms with Gasteiger partial charge in [-0.1, -0.05) is 30.3 Å². The maximum absolute atomic E-state index is 11.8. The van der Waals surface area contributed by atoms with Crippen molar-refractivity contribution in [3.05, 3.63) is 35.9 Å². The van der Waals surface area contributed by atoms with Crippen LogP contribution in [0.2, 0.25) is 0 Å². The minimum Gasteiger partial charge on any atom is -0.481 e. The van der Waals surface area contributed by atoms with E-state index in [1.54, 1.807) is 12.1 Å². The Morgan fingerprint density at radius 2 is 1.94 bits per heavy atom. The number of amides is 3. The molecule has 0 spiro atoms. The molecule has 0 aromatic heterocycles. The molecule has 3 amide bonds. The molecule has 94 valence electrons. The standard InChI is InChI=1S/C12H12N2O4/c15-10(16)6-9-11(17)14(12(18)13-9)7-8-4-2-1-3-5-8/h1-5,9H,6-7H2,(H,13,18)(H,15,16)/t9-/m0/s1. The van der Waals surface area contributed by atoms with Crippen LogP contribution in [0.5, 0.6) is 0 Å². The first kappa shape index (κ1) is 12.1. The van der Waals surface area contributed by atoms with Crippen molar-refractivity contribution in [2.75, 3.05) is 0 Å². The molecule has 1 fully saturated rings. The van der Waals surface area contributed by atoms with E-state index >= 15 is 0 Å². The van der Waals surface area contributed by atoms with Gasteiger partial charge >= 0.3 is 12.0 Å². The van der Waals surface area contributed by atoms with Gasteiger partial charge in [0.2, 0.25) is 0 Å². The van der Waals surface area contributed by atoms with Crippen LogP contribution < -0.4 is 5.32 Å². The number of imide groups is 1. The summed E-state index contributed by atoms with van der Waals surface area (Å²) in [6, 6.07) is 7.54. The number of aliphatic carboxylic acids is 1. The highest BCUT2D eigenvalue weighted by molar-refractivity contribution is 6.05. The van der Waals surface area contributed by atoms with Crippen LogP contribution in [-0.4, -0.2) is 34.0 Å². The molecule has 0 radical (unpaired) electrons. The number of urea groups is 1. The number of carboxylic acids is 1. The van der Waals surface area contributed by atoms with E-state index in [1.807, 2.05) is 18.2 Å². The van der Waals surface area contributed by atoms with Gasteiger partial charge in [-0.05, 0) is 5.56 Å². The van der Waals surface area contributed by atoms with Gasteiger partial charge in [-0.3, -0.25) is 14.5 Å². The van der Waals surface area contributed by atoms with E-state index in [0.29, 0.717) is 0 Å². The molecule has 1 aromatic rings. The normalized spacial score (nSPS) is 18.9. The number of benzene rings is 1. The van der Waals surface area contributed by atoms with Gasteiger partial charge in [0.15, 0.2) is 0 Å². The average Bonchev–Trinajstić information content (AvgIpc) is 2.58.